The summed E-state index contributed by atoms with van der Waals surface area (Å²) in [6.45, 7) is 2.61. The molecule has 2 saturated heterocycles. The minimum Gasteiger partial charge on any atom is -0.467 e. The maximum absolute atomic E-state index is 12.9. The van der Waals surface area contributed by atoms with E-state index in [1.807, 2.05) is 6.07 Å². The summed E-state index contributed by atoms with van der Waals surface area (Å²) in [6, 6.07) is 4.61. The summed E-state index contributed by atoms with van der Waals surface area (Å²) in [5.41, 5.74) is 0.814. The summed E-state index contributed by atoms with van der Waals surface area (Å²) in [7, 11) is 2.79. The van der Waals surface area contributed by atoms with Crippen molar-refractivity contribution in [3.05, 3.63) is 23.8 Å². The van der Waals surface area contributed by atoms with Gasteiger partial charge in [0.2, 0.25) is 12.7 Å². The third kappa shape index (κ3) is 10.4. The Balaban J connectivity index is 1.35. The number of carbonyl (C=O) groups excluding carboxylic acids is 4. The Bertz CT molecular complexity index is 1180. The van der Waals surface area contributed by atoms with Crippen LogP contribution in [0.4, 0.5) is 9.59 Å². The van der Waals surface area contributed by atoms with Crippen LogP contribution in [0.2, 0.25) is 0 Å². The number of ether oxygens (including phenoxy) is 8. The Morgan fingerprint density at radius 3 is 2.64 bits per heavy atom. The van der Waals surface area contributed by atoms with Gasteiger partial charge in [0.05, 0.1) is 25.9 Å². The van der Waals surface area contributed by atoms with Crippen molar-refractivity contribution in [3.63, 3.8) is 0 Å². The van der Waals surface area contributed by atoms with Crippen LogP contribution < -0.4 is 25.4 Å². The van der Waals surface area contributed by atoms with Crippen LogP contribution in [0, 0.1) is 0 Å². The molecule has 4 rings (SSSR count). The molecular formula is C30H43N3O12. The van der Waals surface area contributed by atoms with E-state index in [-0.39, 0.29) is 38.7 Å². The molecule has 1 spiro atoms. The molecule has 1 aromatic carbocycles. The van der Waals surface area contributed by atoms with Crippen LogP contribution >= 0.6 is 0 Å². The fraction of sp³-hybridized carbons (Fsp3) is 0.667. The van der Waals surface area contributed by atoms with Gasteiger partial charge in [0, 0.05) is 45.9 Å². The van der Waals surface area contributed by atoms with E-state index in [1.54, 1.807) is 12.1 Å². The third-order valence-electron chi connectivity index (χ3n) is 7.66. The molecule has 2 fully saturated rings. The van der Waals surface area contributed by atoms with Crippen molar-refractivity contribution in [2.24, 2.45) is 0 Å². The molecule has 3 amide bonds. The van der Waals surface area contributed by atoms with Crippen LogP contribution in [-0.2, 0) is 44.6 Å². The third-order valence-corrected chi connectivity index (χ3v) is 7.66. The minimum absolute atomic E-state index is 0.0178. The Morgan fingerprint density at radius 1 is 1.04 bits per heavy atom. The lowest BCUT2D eigenvalue weighted by Gasteiger charge is -2.47. The van der Waals surface area contributed by atoms with Crippen LogP contribution in [0.15, 0.2) is 18.2 Å². The number of nitrogens with one attached hydrogen (secondary N) is 3. The number of fused-ring (bicyclic) bond motifs is 1. The number of esters is 1. The molecule has 15 heteroatoms. The normalized spacial score (nSPS) is 24.3. The number of amides is 3. The van der Waals surface area contributed by atoms with Gasteiger partial charge in [0.25, 0.3) is 0 Å². The SMILES string of the molecule is COCCNC(=O)OCC1CCCC2(CC(OC(=O)NCc3ccc4c(c3)OCO4)CC(CCC(=O)N[C@@H](C)C(=O)OC)O2)O1. The van der Waals surface area contributed by atoms with Crippen LogP contribution in [0.25, 0.3) is 0 Å². The average molecular weight is 638 g/mol. The number of benzene rings is 1. The lowest BCUT2D eigenvalue weighted by Crippen LogP contribution is -2.53. The number of methoxy groups -OCH3 is 2. The van der Waals surface area contributed by atoms with Crippen molar-refractivity contribution in [3.8, 4) is 11.5 Å². The van der Waals surface area contributed by atoms with Gasteiger partial charge in [-0.05, 0) is 43.9 Å². The fourth-order valence-electron chi connectivity index (χ4n) is 5.50. The monoisotopic (exact) mass is 637 g/mol. The average Bonchev–Trinajstić information content (AvgIpc) is 3.49. The smallest absolute Gasteiger partial charge is 0.407 e. The molecule has 3 heterocycles. The van der Waals surface area contributed by atoms with E-state index >= 15 is 0 Å². The highest BCUT2D eigenvalue weighted by atomic mass is 16.7. The lowest BCUT2D eigenvalue weighted by atomic mass is 9.90. The second-order valence-electron chi connectivity index (χ2n) is 11.2. The topological polar surface area (TPSA) is 178 Å². The molecule has 3 aliphatic heterocycles. The molecule has 5 atom stereocenters. The zero-order valence-corrected chi connectivity index (χ0v) is 25.9. The van der Waals surface area contributed by atoms with Gasteiger partial charge >= 0.3 is 18.2 Å². The summed E-state index contributed by atoms with van der Waals surface area (Å²) in [6.07, 6.45) is 0.200. The van der Waals surface area contributed by atoms with E-state index < -0.39 is 48.3 Å². The number of rotatable bonds is 13. The first-order chi connectivity index (χ1) is 21.7. The largest absolute Gasteiger partial charge is 0.467 e. The quantitative estimate of drug-likeness (QED) is 0.164. The first kappa shape index (κ1) is 34.1. The maximum Gasteiger partial charge on any atom is 0.407 e. The molecule has 3 aliphatic rings. The second kappa shape index (κ2) is 16.5. The van der Waals surface area contributed by atoms with Crippen LogP contribution in [0.3, 0.4) is 0 Å². The first-order valence-corrected chi connectivity index (χ1v) is 15.1. The molecule has 3 N–H and O–H groups in total. The van der Waals surface area contributed by atoms with Gasteiger partial charge in [-0.3, -0.25) is 4.79 Å². The molecule has 1 aromatic rings. The predicted octanol–water partition coefficient (Wildman–Crippen LogP) is 2.29. The fourth-order valence-corrected chi connectivity index (χ4v) is 5.50. The number of hydrogen-bond acceptors (Lipinski definition) is 12. The van der Waals surface area contributed by atoms with Crippen molar-refractivity contribution in [2.75, 3.05) is 40.8 Å². The highest BCUT2D eigenvalue weighted by Crippen LogP contribution is 2.41. The van der Waals surface area contributed by atoms with E-state index in [4.69, 9.17) is 33.2 Å². The van der Waals surface area contributed by atoms with Gasteiger partial charge < -0.3 is 53.8 Å². The van der Waals surface area contributed by atoms with Crippen molar-refractivity contribution in [1.82, 2.24) is 16.0 Å². The maximum atomic E-state index is 12.9. The van der Waals surface area contributed by atoms with Crippen molar-refractivity contribution in [2.45, 2.75) is 88.6 Å². The number of carbonyl (C=O) groups is 4. The predicted molar refractivity (Wildman–Crippen MR) is 155 cm³/mol. The number of hydrogen-bond donors (Lipinski definition) is 3. The van der Waals surface area contributed by atoms with E-state index in [9.17, 15) is 19.2 Å². The van der Waals surface area contributed by atoms with Crippen LogP contribution in [0.1, 0.15) is 57.4 Å². The molecule has 0 saturated carbocycles. The Hall–Kier alpha value is -3.82. The summed E-state index contributed by atoms with van der Waals surface area (Å²) in [5.74, 6) is -0.726. The molecular weight excluding hydrogens is 594 g/mol. The molecule has 250 valence electrons. The van der Waals surface area contributed by atoms with Gasteiger partial charge in [0.1, 0.15) is 18.8 Å². The Labute approximate surface area is 261 Å². The molecule has 4 unspecified atom stereocenters. The minimum atomic E-state index is -1.10. The molecule has 0 aromatic heterocycles. The summed E-state index contributed by atoms with van der Waals surface area (Å²) >= 11 is 0. The van der Waals surface area contributed by atoms with Crippen LogP contribution in [0.5, 0.6) is 11.5 Å². The van der Waals surface area contributed by atoms with Gasteiger partial charge in [-0.15, -0.1) is 0 Å². The van der Waals surface area contributed by atoms with Gasteiger partial charge in [0.15, 0.2) is 17.3 Å². The summed E-state index contributed by atoms with van der Waals surface area (Å²) in [4.78, 5) is 49.2. The summed E-state index contributed by atoms with van der Waals surface area (Å²) in [5, 5.41) is 7.98. The van der Waals surface area contributed by atoms with E-state index in [0.29, 0.717) is 50.3 Å². The number of alkyl carbamates (subject to hydrolysis) is 2. The Morgan fingerprint density at radius 2 is 1.84 bits per heavy atom. The van der Waals surface area contributed by atoms with E-state index in [0.717, 1.165) is 12.0 Å². The van der Waals surface area contributed by atoms with Crippen LogP contribution in [-0.4, -0.2) is 95.0 Å². The van der Waals surface area contributed by atoms with E-state index in [1.165, 1.54) is 21.1 Å². The molecule has 0 radical (unpaired) electrons. The van der Waals surface area contributed by atoms with Gasteiger partial charge in [-0.1, -0.05) is 6.07 Å². The van der Waals surface area contributed by atoms with Crippen molar-refractivity contribution >= 4 is 24.1 Å². The highest BCUT2D eigenvalue weighted by Gasteiger charge is 2.47. The second-order valence-corrected chi connectivity index (χ2v) is 11.2. The summed E-state index contributed by atoms with van der Waals surface area (Å²) < 4.78 is 44.3. The lowest BCUT2D eigenvalue weighted by molar-refractivity contribution is -0.329. The standard InChI is InChI=1S/C30H43N3O12/c1-19(27(35)39-3)33-26(34)9-7-21-14-23(43-29(37)32-16-20-6-8-24-25(13-20)42-18-41-24)15-30(44-21)10-4-5-22(45-30)17-40-28(36)31-11-12-38-2/h6,8,13,19,21-23H,4-5,7,9-12,14-18H2,1-3H3,(H,31,36)(H,32,37)(H,33,34)/t19-,21?,22?,23?,30?/m0/s1. The van der Waals surface area contributed by atoms with Gasteiger partial charge in [-0.2, -0.15) is 0 Å². The van der Waals surface area contributed by atoms with E-state index in [2.05, 4.69) is 20.7 Å². The molecule has 0 bridgehead atoms. The van der Waals surface area contributed by atoms with Crippen molar-refractivity contribution in [1.29, 1.82) is 0 Å². The Kier molecular flexibility index (Phi) is 12.5. The van der Waals surface area contributed by atoms with Crippen molar-refractivity contribution < 1.29 is 57.1 Å². The first-order valence-electron chi connectivity index (χ1n) is 15.1. The molecule has 15 nitrogen and oxygen atoms in total. The molecule has 0 aliphatic carbocycles. The van der Waals surface area contributed by atoms with Gasteiger partial charge in [-0.25, -0.2) is 14.4 Å². The molecule has 45 heavy (non-hydrogen) atoms. The zero-order chi connectivity index (χ0) is 32.2. The zero-order valence-electron chi connectivity index (χ0n) is 25.9. The highest BCUT2D eigenvalue weighted by molar-refractivity contribution is 5.84.